The van der Waals surface area contributed by atoms with Crippen LogP contribution in [0.15, 0.2) is 48.8 Å². The van der Waals surface area contributed by atoms with E-state index in [1.807, 2.05) is 24.3 Å². The van der Waals surface area contributed by atoms with Crippen molar-refractivity contribution in [1.29, 1.82) is 5.26 Å². The average Bonchev–Trinajstić information content (AvgIpc) is 3.43. The number of hydrogen-bond donors (Lipinski definition) is 3. The molecular weight excluding hydrogens is 454 g/mol. The maximum atomic E-state index is 12.8. The molecule has 1 aromatic carbocycles. The number of carbonyl (C=O) groups excluding carboxylic acids is 1. The summed E-state index contributed by atoms with van der Waals surface area (Å²) in [6, 6.07) is 13.4. The molecule has 0 saturated carbocycles. The van der Waals surface area contributed by atoms with Crippen LogP contribution in [0.1, 0.15) is 41.6 Å². The van der Waals surface area contributed by atoms with Crippen LogP contribution in [0.5, 0.6) is 0 Å². The molecule has 9 nitrogen and oxygen atoms in total. The Labute approximate surface area is 210 Å². The lowest BCUT2D eigenvalue weighted by Crippen LogP contribution is -2.28. The number of nitriles is 1. The van der Waals surface area contributed by atoms with Crippen LogP contribution in [0.25, 0.3) is 11.3 Å². The third kappa shape index (κ3) is 5.85. The van der Waals surface area contributed by atoms with Crippen molar-refractivity contribution in [3.63, 3.8) is 0 Å². The molecule has 4 heterocycles. The monoisotopic (exact) mass is 483 g/mol. The summed E-state index contributed by atoms with van der Waals surface area (Å²) < 4.78 is 5.39. The van der Waals surface area contributed by atoms with Crippen molar-refractivity contribution in [2.75, 3.05) is 36.9 Å². The number of ether oxygens (including phenoxy) is 1. The van der Waals surface area contributed by atoms with E-state index in [9.17, 15) is 10.1 Å². The van der Waals surface area contributed by atoms with Crippen LogP contribution in [0.3, 0.4) is 0 Å². The zero-order valence-corrected chi connectivity index (χ0v) is 20.0. The van der Waals surface area contributed by atoms with Crippen molar-refractivity contribution in [2.24, 2.45) is 5.92 Å². The number of nitrogens with zero attached hydrogens (tertiary/aromatic N) is 4. The van der Waals surface area contributed by atoms with Gasteiger partial charge in [0.1, 0.15) is 11.9 Å². The van der Waals surface area contributed by atoms with Crippen LogP contribution in [-0.2, 0) is 4.74 Å². The number of Topliss-reactive ketones (excluding diaryl/α,β-unsaturated/α-hetero) is 1. The Bertz CT molecular complexity index is 1260. The first-order valence-corrected chi connectivity index (χ1v) is 12.4. The van der Waals surface area contributed by atoms with Crippen LogP contribution >= 0.6 is 0 Å². The van der Waals surface area contributed by atoms with E-state index in [4.69, 9.17) is 4.74 Å². The SMILES string of the molecule is N#Cc1cc(-c2ccnc(Nc3cccc(C(=O)CC4CCNCC4)c3)n2)cnc1NC1CCOC1. The maximum Gasteiger partial charge on any atom is 0.227 e. The number of piperidine rings is 1. The van der Waals surface area contributed by atoms with Crippen molar-refractivity contribution in [3.05, 3.63) is 59.9 Å². The number of aromatic nitrogens is 3. The summed E-state index contributed by atoms with van der Waals surface area (Å²) in [5, 5.41) is 19.5. The maximum absolute atomic E-state index is 12.8. The van der Waals surface area contributed by atoms with Gasteiger partial charge in [0.2, 0.25) is 5.95 Å². The quantitative estimate of drug-likeness (QED) is 0.409. The van der Waals surface area contributed by atoms with Crippen molar-refractivity contribution in [1.82, 2.24) is 20.3 Å². The lowest BCUT2D eigenvalue weighted by Gasteiger charge is -2.21. The van der Waals surface area contributed by atoms with Crippen LogP contribution < -0.4 is 16.0 Å². The second-order valence-electron chi connectivity index (χ2n) is 9.23. The molecule has 1 unspecified atom stereocenters. The van der Waals surface area contributed by atoms with Crippen molar-refractivity contribution in [3.8, 4) is 17.3 Å². The normalized spacial score (nSPS) is 17.9. The number of pyridine rings is 1. The standard InChI is InChI=1S/C27H29N7O2/c28-15-20-13-21(16-31-26(20)32-23-7-11-36-17-23)24-6-10-30-27(34-24)33-22-3-1-2-19(14-22)25(35)12-18-4-8-29-9-5-18/h1-3,6,10,13-14,16,18,23,29H,4-5,7-9,11-12,17H2,(H,31,32)(H,30,33,34). The Morgan fingerprint density at radius 3 is 2.86 bits per heavy atom. The van der Waals surface area contributed by atoms with Crippen LogP contribution in [0, 0.1) is 17.2 Å². The third-order valence-corrected chi connectivity index (χ3v) is 6.60. The molecule has 3 N–H and O–H groups in total. The van der Waals surface area contributed by atoms with Crippen LogP contribution in [0.4, 0.5) is 17.5 Å². The second-order valence-corrected chi connectivity index (χ2v) is 9.23. The van der Waals surface area contributed by atoms with Gasteiger partial charge in [-0.05, 0) is 62.5 Å². The van der Waals surface area contributed by atoms with E-state index in [0.29, 0.717) is 54.1 Å². The predicted molar refractivity (Wildman–Crippen MR) is 137 cm³/mol. The van der Waals surface area contributed by atoms with Crippen molar-refractivity contribution in [2.45, 2.75) is 31.7 Å². The van der Waals surface area contributed by atoms with Crippen molar-refractivity contribution >= 4 is 23.2 Å². The highest BCUT2D eigenvalue weighted by molar-refractivity contribution is 5.97. The number of rotatable bonds is 8. The molecule has 0 spiro atoms. The number of nitrogens with one attached hydrogen (secondary N) is 3. The minimum Gasteiger partial charge on any atom is -0.379 e. The van der Waals surface area contributed by atoms with E-state index in [-0.39, 0.29) is 11.8 Å². The van der Waals surface area contributed by atoms with Crippen molar-refractivity contribution < 1.29 is 9.53 Å². The van der Waals surface area contributed by atoms with E-state index in [2.05, 4.69) is 37.0 Å². The summed E-state index contributed by atoms with van der Waals surface area (Å²) in [7, 11) is 0. The molecule has 1 atom stereocenters. The van der Waals surface area contributed by atoms with Gasteiger partial charge in [0.25, 0.3) is 0 Å². The summed E-state index contributed by atoms with van der Waals surface area (Å²) in [6.07, 6.45) is 6.90. The molecule has 2 aliphatic heterocycles. The predicted octanol–water partition coefficient (Wildman–Crippen LogP) is 3.93. The van der Waals surface area contributed by atoms with E-state index < -0.39 is 0 Å². The average molecular weight is 484 g/mol. The van der Waals surface area contributed by atoms with E-state index in [0.717, 1.165) is 43.6 Å². The van der Waals surface area contributed by atoms with Gasteiger partial charge in [-0.25, -0.2) is 15.0 Å². The van der Waals surface area contributed by atoms with Gasteiger partial charge in [0.05, 0.1) is 23.9 Å². The third-order valence-electron chi connectivity index (χ3n) is 6.60. The Morgan fingerprint density at radius 1 is 1.17 bits per heavy atom. The molecule has 36 heavy (non-hydrogen) atoms. The smallest absolute Gasteiger partial charge is 0.227 e. The molecule has 0 radical (unpaired) electrons. The Balaban J connectivity index is 1.29. The van der Waals surface area contributed by atoms with Gasteiger partial charge < -0.3 is 20.7 Å². The first-order valence-electron chi connectivity index (χ1n) is 12.4. The molecular formula is C27H29N7O2. The number of anilines is 3. The summed E-state index contributed by atoms with van der Waals surface area (Å²) in [5.74, 6) is 1.55. The summed E-state index contributed by atoms with van der Waals surface area (Å²) in [5.41, 5.74) is 3.25. The molecule has 3 aromatic rings. The van der Waals surface area contributed by atoms with E-state index in [1.54, 1.807) is 24.5 Å². The first kappa shape index (κ1) is 23.9. The van der Waals surface area contributed by atoms with E-state index in [1.165, 1.54) is 0 Å². The summed E-state index contributed by atoms with van der Waals surface area (Å²) in [4.78, 5) is 26.2. The number of carbonyl (C=O) groups is 1. The van der Waals surface area contributed by atoms with Gasteiger partial charge >= 0.3 is 0 Å². The second kappa shape index (κ2) is 11.2. The minimum absolute atomic E-state index is 0.160. The van der Waals surface area contributed by atoms with Gasteiger partial charge in [0, 0.05) is 42.2 Å². The Hall–Kier alpha value is -3.87. The Morgan fingerprint density at radius 2 is 2.06 bits per heavy atom. The highest BCUT2D eigenvalue weighted by atomic mass is 16.5. The highest BCUT2D eigenvalue weighted by Crippen LogP contribution is 2.25. The summed E-state index contributed by atoms with van der Waals surface area (Å²) >= 11 is 0. The van der Waals surface area contributed by atoms with Gasteiger partial charge in [0.15, 0.2) is 5.78 Å². The Kier molecular flexibility index (Phi) is 7.45. The largest absolute Gasteiger partial charge is 0.379 e. The molecule has 2 saturated heterocycles. The van der Waals surface area contributed by atoms with Crippen LogP contribution in [0.2, 0.25) is 0 Å². The van der Waals surface area contributed by atoms with Gasteiger partial charge in [-0.2, -0.15) is 5.26 Å². The fourth-order valence-electron chi connectivity index (χ4n) is 4.59. The minimum atomic E-state index is 0.160. The first-order chi connectivity index (χ1) is 17.7. The lowest BCUT2D eigenvalue weighted by molar-refractivity contribution is 0.0952. The lowest BCUT2D eigenvalue weighted by atomic mass is 9.90. The van der Waals surface area contributed by atoms with Crippen LogP contribution in [-0.4, -0.2) is 53.1 Å². The molecule has 0 bridgehead atoms. The fraction of sp³-hybridized carbons (Fsp3) is 0.370. The van der Waals surface area contributed by atoms with Gasteiger partial charge in [-0.3, -0.25) is 4.79 Å². The van der Waals surface area contributed by atoms with E-state index >= 15 is 0 Å². The molecule has 9 heteroatoms. The molecule has 5 rings (SSSR count). The molecule has 2 aliphatic rings. The number of hydrogen-bond acceptors (Lipinski definition) is 9. The zero-order valence-electron chi connectivity index (χ0n) is 20.0. The fourth-order valence-corrected chi connectivity index (χ4v) is 4.59. The summed E-state index contributed by atoms with van der Waals surface area (Å²) in [6.45, 7) is 3.28. The molecule has 0 amide bonds. The zero-order chi connectivity index (χ0) is 24.7. The number of benzene rings is 1. The van der Waals surface area contributed by atoms with Gasteiger partial charge in [-0.15, -0.1) is 0 Å². The molecule has 0 aliphatic carbocycles. The molecule has 2 fully saturated rings. The number of ketones is 1. The highest BCUT2D eigenvalue weighted by Gasteiger charge is 2.19. The molecule has 184 valence electrons. The topological polar surface area (TPSA) is 125 Å². The van der Waals surface area contributed by atoms with Gasteiger partial charge in [-0.1, -0.05) is 12.1 Å². The molecule has 2 aromatic heterocycles.